The van der Waals surface area contributed by atoms with Crippen molar-refractivity contribution in [2.45, 2.75) is 51.7 Å². The Morgan fingerprint density at radius 2 is 2.17 bits per heavy atom. The lowest BCUT2D eigenvalue weighted by Gasteiger charge is -2.21. The molecular weight excluding hydrogens is 332 g/mol. The van der Waals surface area contributed by atoms with Gasteiger partial charge in [0.1, 0.15) is 11.0 Å². The lowest BCUT2D eigenvalue weighted by Crippen LogP contribution is -2.35. The van der Waals surface area contributed by atoms with E-state index in [-0.39, 0.29) is 18.0 Å². The van der Waals surface area contributed by atoms with E-state index in [9.17, 15) is 9.90 Å². The van der Waals surface area contributed by atoms with Crippen molar-refractivity contribution < 1.29 is 14.4 Å². The van der Waals surface area contributed by atoms with Gasteiger partial charge in [-0.15, -0.1) is 10.2 Å². The van der Waals surface area contributed by atoms with Crippen molar-refractivity contribution in [1.82, 2.24) is 25.2 Å². The second-order valence-corrected chi connectivity index (χ2v) is 7.81. The van der Waals surface area contributed by atoms with Crippen LogP contribution in [0.2, 0.25) is 0 Å². The number of nitrogens with one attached hydrogen (secondary N) is 1. The summed E-state index contributed by atoms with van der Waals surface area (Å²) in [6, 6.07) is -0.819. The molecule has 2 aromatic rings. The first kappa shape index (κ1) is 16.8. The van der Waals surface area contributed by atoms with E-state index in [1.54, 1.807) is 6.92 Å². The molecule has 10 heteroatoms. The minimum absolute atomic E-state index is 0.131. The monoisotopic (exact) mass is 352 g/mol. The molecule has 9 nitrogen and oxygen atoms in total. The van der Waals surface area contributed by atoms with Crippen molar-refractivity contribution in [3.63, 3.8) is 0 Å². The summed E-state index contributed by atoms with van der Waals surface area (Å²) in [4.78, 5) is 18.2. The van der Waals surface area contributed by atoms with Gasteiger partial charge in [-0.3, -0.25) is 5.32 Å². The number of urea groups is 1. The molecule has 130 valence electrons. The zero-order valence-electron chi connectivity index (χ0n) is 14.0. The van der Waals surface area contributed by atoms with Gasteiger partial charge in [0.2, 0.25) is 11.0 Å². The number of carbonyl (C=O) groups is 1. The first-order valence-corrected chi connectivity index (χ1v) is 8.45. The Balaban J connectivity index is 1.74. The number of aliphatic hydroxyl groups is 1. The first-order valence-electron chi connectivity index (χ1n) is 7.64. The van der Waals surface area contributed by atoms with Crippen LogP contribution in [0.1, 0.15) is 50.0 Å². The highest BCUT2D eigenvalue weighted by Crippen LogP contribution is 2.33. The molecule has 1 fully saturated rings. The Kier molecular flexibility index (Phi) is 4.26. The van der Waals surface area contributed by atoms with Crippen molar-refractivity contribution in [2.24, 2.45) is 0 Å². The van der Waals surface area contributed by atoms with Gasteiger partial charge in [-0.2, -0.15) is 4.98 Å². The Morgan fingerprint density at radius 1 is 1.42 bits per heavy atom. The fraction of sp³-hybridized carbons (Fsp3) is 0.643. The van der Waals surface area contributed by atoms with Gasteiger partial charge in [0.25, 0.3) is 0 Å². The number of aryl methyl sites for hydroxylation is 1. The topological polar surface area (TPSA) is 117 Å². The van der Waals surface area contributed by atoms with Crippen molar-refractivity contribution >= 4 is 22.5 Å². The van der Waals surface area contributed by atoms with Crippen LogP contribution in [0.5, 0.6) is 0 Å². The maximum absolute atomic E-state index is 12.6. The fourth-order valence-corrected chi connectivity index (χ4v) is 3.25. The van der Waals surface area contributed by atoms with Gasteiger partial charge < -0.3 is 14.5 Å². The van der Waals surface area contributed by atoms with Gasteiger partial charge in [0, 0.05) is 18.4 Å². The molecule has 1 aliphatic heterocycles. The van der Waals surface area contributed by atoms with Crippen LogP contribution in [0.4, 0.5) is 9.93 Å². The van der Waals surface area contributed by atoms with Crippen molar-refractivity contribution in [3.05, 3.63) is 16.7 Å². The van der Waals surface area contributed by atoms with Crippen LogP contribution in [0.15, 0.2) is 4.52 Å². The number of aliphatic hydroxyl groups excluding tert-OH is 1. The highest BCUT2D eigenvalue weighted by Gasteiger charge is 2.39. The Bertz CT molecular complexity index is 737. The highest BCUT2D eigenvalue weighted by molar-refractivity contribution is 7.15. The maximum Gasteiger partial charge on any atom is 0.324 e. The van der Waals surface area contributed by atoms with E-state index in [1.165, 1.54) is 16.2 Å². The van der Waals surface area contributed by atoms with E-state index in [0.29, 0.717) is 23.3 Å². The van der Waals surface area contributed by atoms with E-state index in [4.69, 9.17) is 4.52 Å². The van der Waals surface area contributed by atoms with Crippen LogP contribution in [-0.4, -0.2) is 49.0 Å². The molecule has 0 spiro atoms. The van der Waals surface area contributed by atoms with E-state index in [1.807, 2.05) is 20.8 Å². The standard InChI is InChI=1S/C14H20N6O3S/c1-7-15-10(23-19-7)9-5-8(21)6-20(9)13(22)16-12-18-17-11(24-12)14(2,3)4/h8-9,21H,5-6H2,1-4H3,(H,16,18,22)/t8-,9+/m0/s1. The second kappa shape index (κ2) is 6.10. The molecule has 2 aromatic heterocycles. The molecule has 2 atom stereocenters. The van der Waals surface area contributed by atoms with Crippen molar-refractivity contribution in [3.8, 4) is 0 Å². The SMILES string of the molecule is Cc1noc([C@H]2C[C@H](O)CN2C(=O)Nc2nnc(C(C)(C)C)s2)n1. The van der Waals surface area contributed by atoms with Crippen LogP contribution in [0.3, 0.4) is 0 Å². The van der Waals surface area contributed by atoms with Crippen LogP contribution >= 0.6 is 11.3 Å². The Morgan fingerprint density at radius 3 is 2.75 bits per heavy atom. The third kappa shape index (κ3) is 3.39. The average Bonchev–Trinajstić information content (AvgIpc) is 3.17. The number of aromatic nitrogens is 4. The van der Waals surface area contributed by atoms with Gasteiger partial charge in [-0.05, 0) is 6.92 Å². The second-order valence-electron chi connectivity index (χ2n) is 6.83. The molecule has 0 aromatic carbocycles. The Hall–Kier alpha value is -2.07. The number of amides is 2. The molecular formula is C14H20N6O3S. The predicted octanol–water partition coefficient (Wildman–Crippen LogP) is 1.87. The summed E-state index contributed by atoms with van der Waals surface area (Å²) in [5.41, 5.74) is -0.131. The van der Waals surface area contributed by atoms with Crippen LogP contribution in [0.25, 0.3) is 0 Å². The van der Waals surface area contributed by atoms with E-state index in [0.717, 1.165) is 5.01 Å². The van der Waals surface area contributed by atoms with Gasteiger partial charge in [-0.1, -0.05) is 37.3 Å². The number of carbonyl (C=O) groups excluding carboxylic acids is 1. The van der Waals surface area contributed by atoms with Gasteiger partial charge >= 0.3 is 6.03 Å². The van der Waals surface area contributed by atoms with Gasteiger partial charge in [0.15, 0.2) is 5.82 Å². The third-order valence-electron chi connectivity index (χ3n) is 3.65. The highest BCUT2D eigenvalue weighted by atomic mass is 32.1. The Labute approximate surface area is 143 Å². The van der Waals surface area contributed by atoms with Gasteiger partial charge in [-0.25, -0.2) is 4.79 Å². The van der Waals surface area contributed by atoms with E-state index < -0.39 is 12.1 Å². The zero-order chi connectivity index (χ0) is 17.5. The molecule has 0 radical (unpaired) electrons. The number of anilines is 1. The molecule has 3 heterocycles. The number of nitrogens with zero attached hydrogens (tertiary/aromatic N) is 5. The first-order chi connectivity index (χ1) is 11.2. The quantitative estimate of drug-likeness (QED) is 0.847. The smallest absolute Gasteiger partial charge is 0.324 e. The normalized spacial score (nSPS) is 21.3. The van der Waals surface area contributed by atoms with Crippen LogP contribution in [0, 0.1) is 6.92 Å². The van der Waals surface area contributed by atoms with Gasteiger partial charge in [0.05, 0.1) is 6.10 Å². The molecule has 2 amide bonds. The minimum atomic E-state index is -0.632. The predicted molar refractivity (Wildman–Crippen MR) is 86.7 cm³/mol. The fourth-order valence-electron chi connectivity index (χ4n) is 2.46. The summed E-state index contributed by atoms with van der Waals surface area (Å²) in [6.07, 6.45) is -0.272. The molecule has 3 rings (SSSR count). The van der Waals surface area contributed by atoms with E-state index in [2.05, 4.69) is 25.7 Å². The molecule has 0 aliphatic carbocycles. The molecule has 2 N–H and O–H groups in total. The maximum atomic E-state index is 12.6. The lowest BCUT2D eigenvalue weighted by atomic mass is 9.98. The number of hydrogen-bond acceptors (Lipinski definition) is 8. The average molecular weight is 352 g/mol. The molecule has 0 unspecified atom stereocenters. The number of hydrogen-bond donors (Lipinski definition) is 2. The van der Waals surface area contributed by atoms with E-state index >= 15 is 0 Å². The van der Waals surface area contributed by atoms with Crippen molar-refractivity contribution in [1.29, 1.82) is 0 Å². The summed E-state index contributed by atoms with van der Waals surface area (Å²) < 4.78 is 5.16. The largest absolute Gasteiger partial charge is 0.391 e. The van der Waals surface area contributed by atoms with Crippen LogP contribution in [-0.2, 0) is 5.41 Å². The zero-order valence-corrected chi connectivity index (χ0v) is 14.8. The summed E-state index contributed by atoms with van der Waals surface area (Å²) >= 11 is 1.33. The number of likely N-dealkylation sites (tertiary alicyclic amines) is 1. The lowest BCUT2D eigenvalue weighted by molar-refractivity contribution is 0.174. The summed E-state index contributed by atoms with van der Waals surface area (Å²) in [5.74, 6) is 0.817. The minimum Gasteiger partial charge on any atom is -0.391 e. The molecule has 0 saturated carbocycles. The van der Waals surface area contributed by atoms with Crippen molar-refractivity contribution in [2.75, 3.05) is 11.9 Å². The summed E-state index contributed by atoms with van der Waals surface area (Å²) in [6.45, 7) is 8.00. The third-order valence-corrected chi connectivity index (χ3v) is 4.91. The molecule has 1 saturated heterocycles. The molecule has 24 heavy (non-hydrogen) atoms. The summed E-state index contributed by atoms with van der Waals surface area (Å²) in [7, 11) is 0. The number of β-amino-alcohol motifs (C(OH)–C–C–N with tert-alkyl or cyclic N) is 1. The number of rotatable bonds is 2. The van der Waals surface area contributed by atoms with Crippen LogP contribution < -0.4 is 5.32 Å². The molecule has 0 bridgehead atoms. The summed E-state index contributed by atoms with van der Waals surface area (Å²) in [5, 5.41) is 25.8. The molecule has 1 aliphatic rings.